The molecule has 0 bridgehead atoms. The molecule has 1 aliphatic heterocycles. The Bertz CT molecular complexity index is 1250. The fourth-order valence-electron chi connectivity index (χ4n) is 3.83. The van der Waals surface area contributed by atoms with Crippen molar-refractivity contribution in [3.63, 3.8) is 0 Å². The second-order valence-electron chi connectivity index (χ2n) is 7.96. The number of aromatic nitrogens is 4. The van der Waals surface area contributed by atoms with Crippen LogP contribution in [0.1, 0.15) is 25.6 Å². The van der Waals surface area contributed by atoms with E-state index in [0.29, 0.717) is 37.1 Å². The maximum absolute atomic E-state index is 13.0. The zero-order chi connectivity index (χ0) is 21.6. The number of fused-ring (bicyclic) bond motifs is 1. The molecular formula is C20H26N6O3S. The molecule has 4 rings (SSSR count). The van der Waals surface area contributed by atoms with Gasteiger partial charge in [0, 0.05) is 58.1 Å². The van der Waals surface area contributed by atoms with Crippen LogP contribution in [0.3, 0.4) is 0 Å². The van der Waals surface area contributed by atoms with Gasteiger partial charge in [-0.3, -0.25) is 4.79 Å². The molecule has 1 aliphatic rings. The van der Waals surface area contributed by atoms with Gasteiger partial charge in [0.2, 0.25) is 0 Å². The summed E-state index contributed by atoms with van der Waals surface area (Å²) in [6, 6.07) is 5.56. The Morgan fingerprint density at radius 1 is 1.03 bits per heavy atom. The molecule has 0 aliphatic carbocycles. The van der Waals surface area contributed by atoms with Crippen LogP contribution in [0.2, 0.25) is 0 Å². The van der Waals surface area contributed by atoms with E-state index in [1.165, 1.54) is 15.2 Å². The first-order valence-corrected chi connectivity index (χ1v) is 11.4. The van der Waals surface area contributed by atoms with Gasteiger partial charge in [-0.1, -0.05) is 13.8 Å². The lowest BCUT2D eigenvalue weighted by molar-refractivity contribution is 0.383. The highest BCUT2D eigenvalue weighted by atomic mass is 32.2. The Morgan fingerprint density at radius 2 is 1.73 bits per heavy atom. The van der Waals surface area contributed by atoms with Gasteiger partial charge in [-0.05, 0) is 18.2 Å². The van der Waals surface area contributed by atoms with Crippen molar-refractivity contribution in [2.24, 2.45) is 14.1 Å². The third kappa shape index (κ3) is 3.50. The predicted octanol–water partition coefficient (Wildman–Crippen LogP) is 1.30. The van der Waals surface area contributed by atoms with Crippen LogP contribution >= 0.6 is 0 Å². The van der Waals surface area contributed by atoms with Crippen LogP contribution in [-0.2, 0) is 24.1 Å². The van der Waals surface area contributed by atoms with Gasteiger partial charge in [-0.15, -0.1) is 0 Å². The number of piperazine rings is 1. The standard InChI is InChI=1S/C20H26N6O3S/c1-14(2)19-22-18(12-23(19)3)30(28,29)26-9-7-25(8-10-26)15-5-6-16-17(11-15)21-13-24(4)20(16)27/h5-6,11-14H,7-10H2,1-4H3. The summed E-state index contributed by atoms with van der Waals surface area (Å²) >= 11 is 0. The van der Waals surface area contributed by atoms with Crippen LogP contribution in [-0.4, -0.2) is 58.0 Å². The van der Waals surface area contributed by atoms with E-state index in [1.807, 2.05) is 33.0 Å². The van der Waals surface area contributed by atoms with Crippen LogP contribution in [0.4, 0.5) is 5.69 Å². The minimum Gasteiger partial charge on any atom is -0.369 e. The van der Waals surface area contributed by atoms with Gasteiger partial charge in [-0.2, -0.15) is 4.31 Å². The first-order valence-electron chi connectivity index (χ1n) is 9.92. The molecule has 0 amide bonds. The number of imidazole rings is 1. The summed E-state index contributed by atoms with van der Waals surface area (Å²) in [5.41, 5.74) is 1.49. The molecule has 0 saturated carbocycles. The van der Waals surface area contributed by atoms with Crippen LogP contribution in [0.5, 0.6) is 0 Å². The molecular weight excluding hydrogens is 404 g/mol. The monoisotopic (exact) mass is 430 g/mol. The highest BCUT2D eigenvalue weighted by Crippen LogP contribution is 2.24. The average molecular weight is 431 g/mol. The van der Waals surface area contributed by atoms with Crippen LogP contribution < -0.4 is 10.5 Å². The minimum atomic E-state index is -3.63. The van der Waals surface area contributed by atoms with E-state index in [4.69, 9.17) is 0 Å². The van der Waals surface area contributed by atoms with E-state index < -0.39 is 10.0 Å². The topological polar surface area (TPSA) is 93.3 Å². The number of hydrogen-bond donors (Lipinski definition) is 0. The van der Waals surface area contributed by atoms with E-state index in [1.54, 1.807) is 23.9 Å². The molecule has 0 spiro atoms. The molecule has 1 fully saturated rings. The largest absolute Gasteiger partial charge is 0.369 e. The third-order valence-electron chi connectivity index (χ3n) is 5.52. The van der Waals surface area contributed by atoms with Crippen LogP contribution in [0.25, 0.3) is 10.9 Å². The summed E-state index contributed by atoms with van der Waals surface area (Å²) in [6.07, 6.45) is 3.10. The van der Waals surface area contributed by atoms with E-state index in [9.17, 15) is 13.2 Å². The van der Waals surface area contributed by atoms with Crippen LogP contribution in [0.15, 0.2) is 40.5 Å². The van der Waals surface area contributed by atoms with Gasteiger partial charge in [0.05, 0.1) is 17.2 Å². The van der Waals surface area contributed by atoms with Gasteiger partial charge in [0.1, 0.15) is 5.82 Å². The molecule has 2 aromatic heterocycles. The molecule has 30 heavy (non-hydrogen) atoms. The molecule has 10 heteroatoms. The molecule has 3 aromatic rings. The summed E-state index contributed by atoms with van der Waals surface area (Å²) in [5.74, 6) is 0.899. The molecule has 1 saturated heterocycles. The number of rotatable bonds is 4. The van der Waals surface area contributed by atoms with Crippen molar-refractivity contribution in [3.05, 3.63) is 46.9 Å². The third-order valence-corrected chi connectivity index (χ3v) is 7.29. The fourth-order valence-corrected chi connectivity index (χ4v) is 5.24. The number of sulfonamides is 1. The van der Waals surface area contributed by atoms with Crippen molar-refractivity contribution in [2.75, 3.05) is 31.1 Å². The first kappa shape index (κ1) is 20.5. The lowest BCUT2D eigenvalue weighted by atomic mass is 10.2. The molecule has 3 heterocycles. The van der Waals surface area contributed by atoms with Gasteiger partial charge in [-0.25, -0.2) is 18.4 Å². The molecule has 160 valence electrons. The molecule has 1 aromatic carbocycles. The van der Waals surface area contributed by atoms with E-state index in [2.05, 4.69) is 14.9 Å². The first-order chi connectivity index (χ1) is 14.2. The summed E-state index contributed by atoms with van der Waals surface area (Å²) < 4.78 is 30.8. The molecule has 0 N–H and O–H groups in total. The smallest absolute Gasteiger partial charge is 0.262 e. The van der Waals surface area contributed by atoms with Crippen molar-refractivity contribution in [3.8, 4) is 0 Å². The highest BCUT2D eigenvalue weighted by molar-refractivity contribution is 7.89. The summed E-state index contributed by atoms with van der Waals surface area (Å²) in [6.45, 7) is 5.84. The van der Waals surface area contributed by atoms with Crippen LogP contribution in [0, 0.1) is 0 Å². The second-order valence-corrected chi connectivity index (χ2v) is 9.84. The average Bonchev–Trinajstić information content (AvgIpc) is 3.13. The minimum absolute atomic E-state index is 0.0846. The SMILES string of the molecule is CC(C)c1nc(S(=O)(=O)N2CCN(c3ccc4c(=O)n(C)cnc4c3)CC2)cn1C. The van der Waals surface area contributed by atoms with Crippen molar-refractivity contribution in [1.82, 2.24) is 23.4 Å². The van der Waals surface area contributed by atoms with Crippen molar-refractivity contribution in [2.45, 2.75) is 24.8 Å². The number of hydrogen-bond acceptors (Lipinski definition) is 6. The highest BCUT2D eigenvalue weighted by Gasteiger charge is 2.31. The quantitative estimate of drug-likeness (QED) is 0.619. The Labute approximate surface area is 175 Å². The summed E-state index contributed by atoms with van der Waals surface area (Å²) in [7, 11) is -0.135. The lowest BCUT2D eigenvalue weighted by Crippen LogP contribution is -2.48. The Kier molecular flexibility index (Phi) is 5.15. The molecule has 9 nitrogen and oxygen atoms in total. The Hall–Kier alpha value is -2.72. The Balaban J connectivity index is 1.52. The summed E-state index contributed by atoms with van der Waals surface area (Å²) in [5, 5.41) is 0.675. The number of nitrogens with zero attached hydrogens (tertiary/aromatic N) is 6. The summed E-state index contributed by atoms with van der Waals surface area (Å²) in [4.78, 5) is 23.0. The van der Waals surface area contributed by atoms with Crippen molar-refractivity contribution < 1.29 is 8.42 Å². The van der Waals surface area contributed by atoms with Gasteiger partial charge >= 0.3 is 0 Å². The Morgan fingerprint density at radius 3 is 2.37 bits per heavy atom. The second kappa shape index (κ2) is 7.51. The van der Waals surface area contributed by atoms with Crippen molar-refractivity contribution in [1.29, 1.82) is 0 Å². The number of benzene rings is 1. The normalized spacial score (nSPS) is 16.0. The molecule has 0 atom stereocenters. The van der Waals surface area contributed by atoms with Gasteiger partial charge in [0.15, 0.2) is 5.03 Å². The molecule has 0 unspecified atom stereocenters. The predicted molar refractivity (Wildman–Crippen MR) is 115 cm³/mol. The van der Waals surface area contributed by atoms with E-state index >= 15 is 0 Å². The fraction of sp³-hybridized carbons (Fsp3) is 0.450. The number of aryl methyl sites for hydroxylation is 2. The number of anilines is 1. The lowest BCUT2D eigenvalue weighted by Gasteiger charge is -2.35. The zero-order valence-electron chi connectivity index (χ0n) is 17.6. The van der Waals surface area contributed by atoms with E-state index in [-0.39, 0.29) is 16.5 Å². The van der Waals surface area contributed by atoms with Gasteiger partial charge in [0.25, 0.3) is 15.6 Å². The maximum Gasteiger partial charge on any atom is 0.262 e. The van der Waals surface area contributed by atoms with Gasteiger partial charge < -0.3 is 14.0 Å². The maximum atomic E-state index is 13.0. The van der Waals surface area contributed by atoms with E-state index in [0.717, 1.165) is 11.5 Å². The molecule has 0 radical (unpaired) electrons. The van der Waals surface area contributed by atoms with Crippen molar-refractivity contribution >= 4 is 26.6 Å². The zero-order valence-corrected chi connectivity index (χ0v) is 18.4.